The standard InChI is InChI=1S/C35H38N6O2/c1-24-21-40(33-11-7-27(19-36)35-32(33)4-3-15-37-35)22-28-18-26(13-17-41(24)28)25-5-8-29(9-6-25)43-30-10-12-34(38-20-30)39-16-14-31(23-39)42-2/h3-12,15,20,24,26,28,31H,13-14,16-18,21-23H2,1-2H3/t24-,26+,28+,31-/m1/s1. The van der Waals surface area contributed by atoms with Crippen molar-refractivity contribution in [2.24, 2.45) is 0 Å². The van der Waals surface area contributed by atoms with Crippen LogP contribution in [0, 0.1) is 11.3 Å². The molecule has 0 amide bonds. The van der Waals surface area contributed by atoms with E-state index >= 15 is 0 Å². The third-order valence-electron chi connectivity index (χ3n) is 9.56. The van der Waals surface area contributed by atoms with E-state index in [0.717, 1.165) is 80.2 Å². The van der Waals surface area contributed by atoms with Gasteiger partial charge in [-0.05, 0) is 92.7 Å². The van der Waals surface area contributed by atoms with Crippen molar-refractivity contribution in [2.45, 2.75) is 50.3 Å². The van der Waals surface area contributed by atoms with Crippen molar-refractivity contribution < 1.29 is 9.47 Å². The number of rotatable bonds is 6. The molecule has 7 rings (SSSR count). The van der Waals surface area contributed by atoms with Crippen LogP contribution in [0.2, 0.25) is 0 Å². The number of nitriles is 1. The van der Waals surface area contributed by atoms with Crippen LogP contribution >= 0.6 is 0 Å². The molecule has 43 heavy (non-hydrogen) atoms. The number of benzene rings is 2. The summed E-state index contributed by atoms with van der Waals surface area (Å²) in [6.45, 7) is 7.26. The minimum atomic E-state index is 0.282. The second-order valence-corrected chi connectivity index (χ2v) is 12.1. The molecule has 0 aliphatic carbocycles. The molecule has 3 fully saturated rings. The maximum atomic E-state index is 9.60. The molecule has 8 nitrogen and oxygen atoms in total. The van der Waals surface area contributed by atoms with Gasteiger partial charge in [0, 0.05) is 62.6 Å². The van der Waals surface area contributed by atoms with Gasteiger partial charge in [-0.25, -0.2) is 4.98 Å². The van der Waals surface area contributed by atoms with Crippen molar-refractivity contribution >= 4 is 22.4 Å². The van der Waals surface area contributed by atoms with E-state index in [1.807, 2.05) is 30.5 Å². The number of ether oxygens (including phenoxy) is 2. The molecule has 0 spiro atoms. The summed E-state index contributed by atoms with van der Waals surface area (Å²) >= 11 is 0. The molecule has 4 aromatic rings. The van der Waals surface area contributed by atoms with E-state index in [4.69, 9.17) is 9.47 Å². The first-order valence-corrected chi connectivity index (χ1v) is 15.4. The molecule has 0 bridgehead atoms. The topological polar surface area (TPSA) is 77.8 Å². The molecule has 3 aliphatic heterocycles. The average molecular weight is 575 g/mol. The summed E-state index contributed by atoms with van der Waals surface area (Å²) in [6, 6.07) is 24.0. The number of aromatic nitrogens is 2. The number of anilines is 2. The molecule has 3 aliphatic rings. The van der Waals surface area contributed by atoms with Crippen LogP contribution in [0.4, 0.5) is 11.5 Å². The molecule has 2 aromatic carbocycles. The number of pyridine rings is 2. The van der Waals surface area contributed by atoms with Gasteiger partial charge in [0.25, 0.3) is 0 Å². The van der Waals surface area contributed by atoms with E-state index in [1.165, 1.54) is 11.3 Å². The zero-order chi connectivity index (χ0) is 29.3. The zero-order valence-corrected chi connectivity index (χ0v) is 24.9. The first-order valence-electron chi connectivity index (χ1n) is 15.4. The van der Waals surface area contributed by atoms with Gasteiger partial charge in [-0.1, -0.05) is 12.1 Å². The van der Waals surface area contributed by atoms with Gasteiger partial charge in [0.2, 0.25) is 0 Å². The summed E-state index contributed by atoms with van der Waals surface area (Å²) in [6.07, 6.45) is 7.18. The SMILES string of the molecule is CO[C@@H]1CCN(c2ccc(Oc3ccc([C@H]4CCN5[C@@H](C4)CN(c4ccc(C#N)c6ncccc46)C[C@H]5C)cc3)cn2)C1. The Labute approximate surface area is 253 Å². The molecule has 4 atom stereocenters. The van der Waals surface area contributed by atoms with Crippen molar-refractivity contribution in [2.75, 3.05) is 49.6 Å². The number of hydrogen-bond donors (Lipinski definition) is 0. The van der Waals surface area contributed by atoms with E-state index in [9.17, 15) is 5.26 Å². The second-order valence-electron chi connectivity index (χ2n) is 12.1. The summed E-state index contributed by atoms with van der Waals surface area (Å²) in [5.74, 6) is 3.05. The zero-order valence-electron chi connectivity index (χ0n) is 24.9. The Hall–Kier alpha value is -4.19. The molecular formula is C35H38N6O2. The van der Waals surface area contributed by atoms with Crippen LogP contribution < -0.4 is 14.5 Å². The van der Waals surface area contributed by atoms with Gasteiger partial charge in [-0.2, -0.15) is 5.26 Å². The van der Waals surface area contributed by atoms with Crippen molar-refractivity contribution in [1.82, 2.24) is 14.9 Å². The number of piperazine rings is 1. The number of piperidine rings is 1. The lowest BCUT2D eigenvalue weighted by Crippen LogP contribution is -2.60. The fourth-order valence-electron chi connectivity index (χ4n) is 7.30. The molecule has 0 unspecified atom stereocenters. The summed E-state index contributed by atoms with van der Waals surface area (Å²) < 4.78 is 11.6. The molecule has 2 aromatic heterocycles. The number of hydrogen-bond acceptors (Lipinski definition) is 8. The van der Waals surface area contributed by atoms with Crippen LogP contribution in [0.5, 0.6) is 11.5 Å². The highest BCUT2D eigenvalue weighted by Crippen LogP contribution is 2.38. The molecule has 0 N–H and O–H groups in total. The molecule has 8 heteroatoms. The van der Waals surface area contributed by atoms with E-state index in [0.29, 0.717) is 23.6 Å². The van der Waals surface area contributed by atoms with Gasteiger partial charge in [0.1, 0.15) is 23.4 Å². The second kappa shape index (κ2) is 11.8. The van der Waals surface area contributed by atoms with Gasteiger partial charge in [-0.3, -0.25) is 9.88 Å². The van der Waals surface area contributed by atoms with Crippen LogP contribution in [0.15, 0.2) is 73.1 Å². The van der Waals surface area contributed by atoms with Crippen LogP contribution in [0.3, 0.4) is 0 Å². The largest absolute Gasteiger partial charge is 0.456 e. The van der Waals surface area contributed by atoms with Crippen molar-refractivity contribution in [1.29, 1.82) is 5.26 Å². The van der Waals surface area contributed by atoms with E-state index < -0.39 is 0 Å². The van der Waals surface area contributed by atoms with Crippen molar-refractivity contribution in [3.8, 4) is 17.6 Å². The molecule has 5 heterocycles. The maximum absolute atomic E-state index is 9.60. The van der Waals surface area contributed by atoms with Gasteiger partial charge in [0.05, 0.1) is 23.4 Å². The first kappa shape index (κ1) is 27.6. The van der Waals surface area contributed by atoms with Gasteiger partial charge < -0.3 is 19.3 Å². The van der Waals surface area contributed by atoms with Crippen molar-refractivity contribution in [3.63, 3.8) is 0 Å². The fraction of sp³-hybridized carbons (Fsp3) is 0.400. The minimum Gasteiger partial charge on any atom is -0.456 e. The highest BCUT2D eigenvalue weighted by Gasteiger charge is 2.37. The Balaban J connectivity index is 1.01. The lowest BCUT2D eigenvalue weighted by Gasteiger charge is -2.50. The monoisotopic (exact) mass is 574 g/mol. The van der Waals surface area contributed by atoms with Crippen LogP contribution in [0.1, 0.15) is 43.2 Å². The quantitative estimate of drug-likeness (QED) is 0.279. The fourth-order valence-corrected chi connectivity index (χ4v) is 7.30. The molecule has 3 saturated heterocycles. The Kier molecular flexibility index (Phi) is 7.60. The van der Waals surface area contributed by atoms with E-state index in [1.54, 1.807) is 13.3 Å². The number of fused-ring (bicyclic) bond motifs is 2. The lowest BCUT2D eigenvalue weighted by atomic mass is 9.83. The predicted octanol–water partition coefficient (Wildman–Crippen LogP) is 5.98. The molecule has 220 valence electrons. The van der Waals surface area contributed by atoms with Gasteiger partial charge >= 0.3 is 0 Å². The number of methoxy groups -OCH3 is 1. The van der Waals surface area contributed by atoms with Gasteiger partial charge in [-0.15, -0.1) is 0 Å². The Morgan fingerprint density at radius 1 is 0.884 bits per heavy atom. The Morgan fingerprint density at radius 3 is 2.51 bits per heavy atom. The lowest BCUT2D eigenvalue weighted by molar-refractivity contribution is 0.0766. The third kappa shape index (κ3) is 5.51. The molecular weight excluding hydrogens is 536 g/mol. The van der Waals surface area contributed by atoms with Crippen LogP contribution in [-0.2, 0) is 4.74 Å². The highest BCUT2D eigenvalue weighted by molar-refractivity contribution is 5.95. The molecule has 0 saturated carbocycles. The van der Waals surface area contributed by atoms with Crippen molar-refractivity contribution in [3.05, 3.63) is 84.2 Å². The predicted molar refractivity (Wildman–Crippen MR) is 169 cm³/mol. The van der Waals surface area contributed by atoms with E-state index in [2.05, 4.69) is 74.1 Å². The average Bonchev–Trinajstić information content (AvgIpc) is 3.54. The van der Waals surface area contributed by atoms with Gasteiger partial charge in [0.15, 0.2) is 0 Å². The highest BCUT2D eigenvalue weighted by atomic mass is 16.5. The van der Waals surface area contributed by atoms with E-state index in [-0.39, 0.29) is 6.10 Å². The normalized spacial score (nSPS) is 24.1. The van der Waals surface area contributed by atoms with Crippen LogP contribution in [0.25, 0.3) is 10.9 Å². The summed E-state index contributed by atoms with van der Waals surface area (Å²) in [5, 5.41) is 10.7. The first-order chi connectivity index (χ1) is 21.1. The molecule has 0 radical (unpaired) electrons. The summed E-state index contributed by atoms with van der Waals surface area (Å²) in [5.41, 5.74) is 3.98. The summed E-state index contributed by atoms with van der Waals surface area (Å²) in [4.78, 5) is 16.6. The smallest absolute Gasteiger partial charge is 0.145 e. The Morgan fingerprint density at radius 2 is 1.74 bits per heavy atom. The minimum absolute atomic E-state index is 0.282. The summed E-state index contributed by atoms with van der Waals surface area (Å²) in [7, 11) is 1.77. The maximum Gasteiger partial charge on any atom is 0.145 e. The third-order valence-corrected chi connectivity index (χ3v) is 9.56. The Bertz CT molecular complexity index is 1620. The number of nitrogens with zero attached hydrogens (tertiary/aromatic N) is 6. The van der Waals surface area contributed by atoms with Crippen LogP contribution in [-0.4, -0.2) is 72.9 Å².